The van der Waals surface area contributed by atoms with E-state index in [-0.39, 0.29) is 5.56 Å². The summed E-state index contributed by atoms with van der Waals surface area (Å²) in [5.74, 6) is 2.29. The van der Waals surface area contributed by atoms with Gasteiger partial charge in [0.2, 0.25) is 0 Å². The molecular weight excluding hydrogens is 402 g/mol. The monoisotopic (exact) mass is 433 g/mol. The summed E-state index contributed by atoms with van der Waals surface area (Å²) in [7, 11) is 0. The molecule has 1 spiro atoms. The molecule has 6 heteroatoms. The Morgan fingerprint density at radius 1 is 1.19 bits per heavy atom. The number of ether oxygens (including phenoxy) is 1. The molecule has 1 aliphatic carbocycles. The van der Waals surface area contributed by atoms with Gasteiger partial charge in [-0.3, -0.25) is 4.79 Å². The van der Waals surface area contributed by atoms with Crippen LogP contribution in [0.25, 0.3) is 11.1 Å². The highest BCUT2D eigenvalue weighted by molar-refractivity contribution is 5.66. The van der Waals surface area contributed by atoms with Gasteiger partial charge in [0.05, 0.1) is 18.8 Å². The molecule has 168 valence electrons. The van der Waals surface area contributed by atoms with Crippen LogP contribution in [0, 0.1) is 25.2 Å². The average molecular weight is 434 g/mol. The molecular formula is C26H31N3O3. The predicted octanol–water partition coefficient (Wildman–Crippen LogP) is 4.33. The number of aryl methyl sites for hydroxylation is 2. The van der Waals surface area contributed by atoms with Crippen LogP contribution in [-0.4, -0.2) is 29.4 Å². The van der Waals surface area contributed by atoms with Crippen LogP contribution >= 0.6 is 0 Å². The first-order chi connectivity index (χ1) is 15.5. The number of aromatic nitrogens is 2. The fraction of sp³-hybridized carbons (Fsp3) is 0.462. The van der Waals surface area contributed by atoms with Gasteiger partial charge in [-0.1, -0.05) is 17.3 Å². The number of rotatable bonds is 6. The van der Waals surface area contributed by atoms with Gasteiger partial charge < -0.3 is 19.1 Å². The zero-order valence-electron chi connectivity index (χ0n) is 18.9. The molecule has 0 amide bonds. The molecule has 2 aliphatic rings. The van der Waals surface area contributed by atoms with Gasteiger partial charge in [-0.15, -0.1) is 0 Å². The van der Waals surface area contributed by atoms with Gasteiger partial charge in [0.15, 0.2) is 0 Å². The van der Waals surface area contributed by atoms with E-state index < -0.39 is 0 Å². The second-order valence-corrected chi connectivity index (χ2v) is 9.57. The van der Waals surface area contributed by atoms with Crippen molar-refractivity contribution >= 4 is 0 Å². The second-order valence-electron chi connectivity index (χ2n) is 9.57. The Morgan fingerprint density at radius 3 is 2.75 bits per heavy atom. The Kier molecular flexibility index (Phi) is 5.64. The molecule has 0 radical (unpaired) electrons. The molecule has 0 atom stereocenters. The molecule has 1 aromatic carbocycles. The van der Waals surface area contributed by atoms with E-state index in [1.807, 2.05) is 50.4 Å². The van der Waals surface area contributed by atoms with Crippen molar-refractivity contribution in [2.75, 3.05) is 19.7 Å². The normalized spacial score (nSPS) is 17.9. The standard InChI is InChI=1S/C26H31N3O3/c1-18-25(19(2)32-28-18)22-6-7-24(30)29(16-22)15-20-4-3-5-23(12-20)31-17-21-13-26(14-21)8-10-27-11-9-26/h3-7,12,16,21,27H,8-11,13-15,17H2,1-2H3. The van der Waals surface area contributed by atoms with Crippen LogP contribution < -0.4 is 15.6 Å². The van der Waals surface area contributed by atoms with E-state index in [1.54, 1.807) is 10.6 Å². The van der Waals surface area contributed by atoms with Gasteiger partial charge in [-0.2, -0.15) is 0 Å². The molecule has 1 saturated heterocycles. The van der Waals surface area contributed by atoms with Crippen molar-refractivity contribution in [3.8, 4) is 16.9 Å². The quantitative estimate of drug-likeness (QED) is 0.627. The lowest BCUT2D eigenvalue weighted by Gasteiger charge is -2.50. The highest BCUT2D eigenvalue weighted by Crippen LogP contribution is 2.51. The van der Waals surface area contributed by atoms with Crippen molar-refractivity contribution in [1.29, 1.82) is 0 Å². The molecule has 2 aromatic heterocycles. The fourth-order valence-corrected chi connectivity index (χ4v) is 5.49. The predicted molar refractivity (Wildman–Crippen MR) is 124 cm³/mol. The Morgan fingerprint density at radius 2 is 2.00 bits per heavy atom. The second kappa shape index (κ2) is 8.58. The highest BCUT2D eigenvalue weighted by Gasteiger charge is 2.44. The topological polar surface area (TPSA) is 69.3 Å². The average Bonchev–Trinajstić information content (AvgIpc) is 3.11. The van der Waals surface area contributed by atoms with Crippen LogP contribution in [0.15, 0.2) is 51.9 Å². The summed E-state index contributed by atoms with van der Waals surface area (Å²) in [6.45, 7) is 7.39. The van der Waals surface area contributed by atoms with Gasteiger partial charge in [0.1, 0.15) is 11.5 Å². The minimum atomic E-state index is -0.0337. The Bertz CT molecular complexity index is 1130. The first-order valence-electron chi connectivity index (χ1n) is 11.6. The zero-order valence-corrected chi connectivity index (χ0v) is 18.9. The molecule has 0 unspecified atom stereocenters. The molecule has 2 fully saturated rings. The number of hydrogen-bond acceptors (Lipinski definition) is 5. The number of nitrogens with one attached hydrogen (secondary N) is 1. The number of benzene rings is 1. The smallest absolute Gasteiger partial charge is 0.250 e. The van der Waals surface area contributed by atoms with Gasteiger partial charge in [0.25, 0.3) is 5.56 Å². The third-order valence-electron chi connectivity index (χ3n) is 7.15. The van der Waals surface area contributed by atoms with Crippen LogP contribution in [0.4, 0.5) is 0 Å². The molecule has 6 nitrogen and oxygen atoms in total. The molecule has 1 saturated carbocycles. The maximum atomic E-state index is 12.5. The number of hydrogen-bond donors (Lipinski definition) is 1. The maximum absolute atomic E-state index is 12.5. The van der Waals surface area contributed by atoms with Crippen molar-refractivity contribution in [2.45, 2.75) is 46.1 Å². The third kappa shape index (κ3) is 4.24. The van der Waals surface area contributed by atoms with Gasteiger partial charge in [0, 0.05) is 23.4 Å². The summed E-state index contributed by atoms with van der Waals surface area (Å²) in [6, 6.07) is 11.5. The van der Waals surface area contributed by atoms with Gasteiger partial charge in [-0.25, -0.2) is 0 Å². The van der Waals surface area contributed by atoms with Crippen molar-refractivity contribution in [1.82, 2.24) is 15.0 Å². The van der Waals surface area contributed by atoms with E-state index in [9.17, 15) is 4.79 Å². The molecule has 3 heterocycles. The Labute approximate surface area is 188 Å². The summed E-state index contributed by atoms with van der Waals surface area (Å²) in [5, 5.41) is 7.50. The molecule has 0 bridgehead atoms. The van der Waals surface area contributed by atoms with E-state index >= 15 is 0 Å². The summed E-state index contributed by atoms with van der Waals surface area (Å²) in [5.41, 5.74) is 4.30. The SMILES string of the molecule is Cc1noc(C)c1-c1ccc(=O)n(Cc2cccc(OCC3CC4(CCNCC4)C3)c2)c1. The number of nitrogens with zero attached hydrogens (tertiary/aromatic N) is 2. The lowest BCUT2D eigenvalue weighted by Crippen LogP contribution is -2.46. The van der Waals surface area contributed by atoms with Crippen molar-refractivity contribution < 1.29 is 9.26 Å². The minimum Gasteiger partial charge on any atom is -0.493 e. The summed E-state index contributed by atoms with van der Waals surface area (Å²) in [4.78, 5) is 12.5. The highest BCUT2D eigenvalue weighted by atomic mass is 16.5. The van der Waals surface area contributed by atoms with E-state index in [1.165, 1.54) is 25.7 Å². The van der Waals surface area contributed by atoms with Crippen molar-refractivity contribution in [2.24, 2.45) is 11.3 Å². The van der Waals surface area contributed by atoms with Crippen LogP contribution in [0.1, 0.15) is 42.7 Å². The Balaban J connectivity index is 1.24. The van der Waals surface area contributed by atoms with Crippen LogP contribution in [0.5, 0.6) is 5.75 Å². The Hall–Kier alpha value is -2.86. The number of pyridine rings is 1. The molecule has 5 rings (SSSR count). The van der Waals surface area contributed by atoms with E-state index in [0.717, 1.165) is 53.6 Å². The summed E-state index contributed by atoms with van der Waals surface area (Å²) in [6.07, 6.45) is 7.08. The number of piperidine rings is 1. The van der Waals surface area contributed by atoms with Crippen LogP contribution in [-0.2, 0) is 6.54 Å². The van der Waals surface area contributed by atoms with Gasteiger partial charge in [-0.05, 0) is 87.7 Å². The van der Waals surface area contributed by atoms with Crippen molar-refractivity contribution in [3.63, 3.8) is 0 Å². The molecule has 1 N–H and O–H groups in total. The largest absolute Gasteiger partial charge is 0.493 e. The van der Waals surface area contributed by atoms with Crippen LogP contribution in [0.2, 0.25) is 0 Å². The lowest BCUT2D eigenvalue weighted by atomic mass is 9.58. The summed E-state index contributed by atoms with van der Waals surface area (Å²) >= 11 is 0. The minimum absolute atomic E-state index is 0.0337. The lowest BCUT2D eigenvalue weighted by molar-refractivity contribution is -0.00205. The van der Waals surface area contributed by atoms with Crippen LogP contribution in [0.3, 0.4) is 0 Å². The summed E-state index contributed by atoms with van der Waals surface area (Å²) < 4.78 is 13.2. The van der Waals surface area contributed by atoms with E-state index in [4.69, 9.17) is 9.26 Å². The van der Waals surface area contributed by atoms with E-state index in [2.05, 4.69) is 10.5 Å². The third-order valence-corrected chi connectivity index (χ3v) is 7.15. The first-order valence-corrected chi connectivity index (χ1v) is 11.6. The molecule has 3 aromatic rings. The maximum Gasteiger partial charge on any atom is 0.250 e. The molecule has 1 aliphatic heterocycles. The fourth-order valence-electron chi connectivity index (χ4n) is 5.49. The first kappa shape index (κ1) is 21.0. The zero-order chi connectivity index (χ0) is 22.1. The van der Waals surface area contributed by atoms with E-state index in [0.29, 0.717) is 17.9 Å². The van der Waals surface area contributed by atoms with Gasteiger partial charge >= 0.3 is 0 Å². The molecule has 32 heavy (non-hydrogen) atoms. The van der Waals surface area contributed by atoms with Crippen molar-refractivity contribution in [3.05, 3.63) is 70.0 Å².